The molecule has 1 saturated heterocycles. The number of piperidine rings is 1. The number of likely N-dealkylation sites (tertiary alicyclic amines) is 1. The van der Waals surface area contributed by atoms with Gasteiger partial charge in [-0.3, -0.25) is 14.7 Å². The van der Waals surface area contributed by atoms with Crippen LogP contribution >= 0.6 is 22.9 Å². The third-order valence-corrected chi connectivity index (χ3v) is 6.48. The summed E-state index contributed by atoms with van der Waals surface area (Å²) in [5.41, 5.74) is 1.47. The number of thiazole rings is 1. The highest BCUT2D eigenvalue weighted by molar-refractivity contribution is 7.13. The van der Waals surface area contributed by atoms with Crippen molar-refractivity contribution in [1.29, 1.82) is 0 Å². The molecule has 3 heterocycles. The molecule has 1 fully saturated rings. The van der Waals surface area contributed by atoms with Gasteiger partial charge < -0.3 is 20.7 Å². The highest BCUT2D eigenvalue weighted by Crippen LogP contribution is 2.27. The molecule has 3 N–H and O–H groups in total. The molecule has 3 amide bonds. The van der Waals surface area contributed by atoms with Gasteiger partial charge in [0.2, 0.25) is 5.91 Å². The predicted octanol–water partition coefficient (Wildman–Crippen LogP) is 3.82. The number of nitrogens with zero attached hydrogens (tertiary/aromatic N) is 3. The van der Waals surface area contributed by atoms with Crippen LogP contribution in [0.4, 0.5) is 15.6 Å². The van der Waals surface area contributed by atoms with Crippen molar-refractivity contribution in [2.45, 2.75) is 18.4 Å². The smallest absolute Gasteiger partial charge is 0.319 e. The van der Waals surface area contributed by atoms with Gasteiger partial charge in [-0.05, 0) is 42.8 Å². The molecule has 0 spiro atoms. The van der Waals surface area contributed by atoms with Gasteiger partial charge >= 0.3 is 6.03 Å². The van der Waals surface area contributed by atoms with E-state index in [9.17, 15) is 9.59 Å². The average molecular weight is 501 g/mol. The Morgan fingerprint density at radius 3 is 2.68 bits per heavy atom. The molecular weight excluding hydrogens is 476 g/mol. The van der Waals surface area contributed by atoms with Gasteiger partial charge in [0.25, 0.3) is 0 Å². The molecule has 0 saturated carbocycles. The Bertz CT molecular complexity index is 1090. The van der Waals surface area contributed by atoms with E-state index in [1.807, 2.05) is 17.5 Å². The Labute approximate surface area is 206 Å². The van der Waals surface area contributed by atoms with E-state index in [1.54, 1.807) is 43.8 Å². The van der Waals surface area contributed by atoms with Crippen molar-refractivity contribution in [1.82, 2.24) is 20.2 Å². The number of amides is 3. The highest BCUT2D eigenvalue weighted by atomic mass is 35.5. The minimum absolute atomic E-state index is 0.108. The predicted molar refractivity (Wildman–Crippen MR) is 133 cm³/mol. The lowest BCUT2D eigenvalue weighted by atomic mass is 9.88. The maximum atomic E-state index is 12.7. The minimum atomic E-state index is -0.305. The number of anilines is 2. The zero-order chi connectivity index (χ0) is 23.9. The summed E-state index contributed by atoms with van der Waals surface area (Å²) in [4.78, 5) is 35.9. The van der Waals surface area contributed by atoms with Crippen molar-refractivity contribution in [2.75, 3.05) is 37.4 Å². The first-order valence-corrected chi connectivity index (χ1v) is 12.0. The molecule has 0 unspecified atom stereocenters. The number of methoxy groups -OCH3 is 1. The molecule has 11 heteroatoms. The topological polar surface area (TPSA) is 108 Å². The molecule has 0 aliphatic carbocycles. The summed E-state index contributed by atoms with van der Waals surface area (Å²) >= 11 is 7.30. The Hall–Kier alpha value is -3.21. The van der Waals surface area contributed by atoms with Gasteiger partial charge in [0, 0.05) is 53.0 Å². The SMILES string of the molecule is COc1ccc([C@@H]2CN(CC(=O)Nc3nccs3)CC[C@H]2NC(=O)Nc2ccc(Cl)cc2)nc1. The minimum Gasteiger partial charge on any atom is -0.495 e. The van der Waals surface area contributed by atoms with Crippen LogP contribution in [-0.2, 0) is 4.79 Å². The lowest BCUT2D eigenvalue weighted by Gasteiger charge is -2.38. The van der Waals surface area contributed by atoms with Gasteiger partial charge in [-0.2, -0.15) is 0 Å². The van der Waals surface area contributed by atoms with Gasteiger partial charge in [0.1, 0.15) is 5.75 Å². The zero-order valence-electron chi connectivity index (χ0n) is 18.5. The van der Waals surface area contributed by atoms with Crippen LogP contribution in [0.3, 0.4) is 0 Å². The number of halogens is 1. The van der Waals surface area contributed by atoms with Crippen LogP contribution in [-0.4, -0.2) is 59.6 Å². The Kier molecular flexibility index (Phi) is 7.94. The number of urea groups is 1. The quantitative estimate of drug-likeness (QED) is 0.455. The lowest BCUT2D eigenvalue weighted by Crippen LogP contribution is -2.52. The number of pyridine rings is 1. The number of hydrogen-bond acceptors (Lipinski definition) is 7. The van der Waals surface area contributed by atoms with E-state index in [1.165, 1.54) is 11.3 Å². The first-order valence-electron chi connectivity index (χ1n) is 10.7. The Morgan fingerprint density at radius 1 is 1.18 bits per heavy atom. The standard InChI is InChI=1S/C23H25ClN6O3S/c1-33-17-6-7-19(26-12-17)18-13-30(14-21(31)29-23-25-9-11-34-23)10-8-20(18)28-22(32)27-16-4-2-15(24)3-5-16/h2-7,9,11-12,18,20H,8,10,13-14H2,1H3,(H,25,29,31)(H2,27,28,32)/t18-,20+/m0/s1. The first-order chi connectivity index (χ1) is 16.5. The summed E-state index contributed by atoms with van der Waals surface area (Å²) in [6.45, 7) is 1.45. The molecule has 1 aliphatic rings. The zero-order valence-corrected chi connectivity index (χ0v) is 20.1. The Morgan fingerprint density at radius 2 is 2.00 bits per heavy atom. The van der Waals surface area contributed by atoms with Crippen LogP contribution in [0.15, 0.2) is 54.2 Å². The maximum absolute atomic E-state index is 12.7. The normalized spacial score (nSPS) is 18.2. The number of ether oxygens (including phenoxy) is 1. The van der Waals surface area contributed by atoms with Crippen LogP contribution < -0.4 is 20.7 Å². The summed E-state index contributed by atoms with van der Waals surface area (Å²) in [5, 5.41) is 11.7. The van der Waals surface area contributed by atoms with Crippen LogP contribution in [0.2, 0.25) is 5.02 Å². The van der Waals surface area contributed by atoms with Crippen LogP contribution in [0, 0.1) is 0 Å². The van der Waals surface area contributed by atoms with Gasteiger partial charge in [0.05, 0.1) is 19.9 Å². The van der Waals surface area contributed by atoms with E-state index in [-0.39, 0.29) is 30.4 Å². The fourth-order valence-corrected chi connectivity index (χ4v) is 4.55. The third kappa shape index (κ3) is 6.43. The summed E-state index contributed by atoms with van der Waals surface area (Å²) in [5.74, 6) is 0.427. The van der Waals surface area contributed by atoms with Crippen molar-refractivity contribution in [3.8, 4) is 5.75 Å². The summed E-state index contributed by atoms with van der Waals surface area (Å²) in [7, 11) is 1.59. The van der Waals surface area contributed by atoms with Gasteiger partial charge in [-0.25, -0.2) is 9.78 Å². The number of rotatable bonds is 7. The van der Waals surface area contributed by atoms with E-state index < -0.39 is 0 Å². The van der Waals surface area contributed by atoms with Gasteiger partial charge in [-0.15, -0.1) is 11.3 Å². The van der Waals surface area contributed by atoms with E-state index in [0.717, 1.165) is 5.69 Å². The van der Waals surface area contributed by atoms with E-state index in [0.29, 0.717) is 41.1 Å². The van der Waals surface area contributed by atoms with Gasteiger partial charge in [0.15, 0.2) is 5.13 Å². The van der Waals surface area contributed by atoms with E-state index >= 15 is 0 Å². The number of nitrogens with one attached hydrogen (secondary N) is 3. The molecule has 9 nitrogen and oxygen atoms in total. The fourth-order valence-electron chi connectivity index (χ4n) is 3.88. The van der Waals surface area contributed by atoms with Crippen molar-refractivity contribution in [3.05, 3.63) is 64.9 Å². The molecule has 34 heavy (non-hydrogen) atoms. The molecule has 2 atom stereocenters. The van der Waals surface area contributed by atoms with Gasteiger partial charge in [-0.1, -0.05) is 11.6 Å². The molecule has 3 aromatic rings. The van der Waals surface area contributed by atoms with Crippen LogP contribution in [0.5, 0.6) is 5.75 Å². The number of carbonyl (C=O) groups is 2. The largest absolute Gasteiger partial charge is 0.495 e. The number of hydrogen-bond donors (Lipinski definition) is 3. The monoisotopic (exact) mass is 500 g/mol. The summed E-state index contributed by atoms with van der Waals surface area (Å²) in [6.07, 6.45) is 3.98. The van der Waals surface area contributed by atoms with Crippen molar-refractivity contribution in [3.63, 3.8) is 0 Å². The first kappa shape index (κ1) is 23.9. The van der Waals surface area contributed by atoms with Crippen molar-refractivity contribution in [2.24, 2.45) is 0 Å². The highest BCUT2D eigenvalue weighted by Gasteiger charge is 2.33. The number of benzene rings is 1. The number of aromatic nitrogens is 2. The van der Waals surface area contributed by atoms with Crippen molar-refractivity contribution >= 4 is 45.7 Å². The molecule has 4 rings (SSSR count). The second kappa shape index (κ2) is 11.3. The average Bonchev–Trinajstić information content (AvgIpc) is 3.34. The molecule has 178 valence electrons. The molecule has 1 aliphatic heterocycles. The fraction of sp³-hybridized carbons (Fsp3) is 0.304. The van der Waals surface area contributed by atoms with Crippen molar-refractivity contribution < 1.29 is 14.3 Å². The molecule has 2 aromatic heterocycles. The second-order valence-corrected chi connectivity index (χ2v) is 9.18. The molecule has 0 bridgehead atoms. The Balaban J connectivity index is 1.43. The molecular formula is C23H25ClN6O3S. The van der Waals surface area contributed by atoms with E-state index in [4.69, 9.17) is 16.3 Å². The molecule has 1 aromatic carbocycles. The third-order valence-electron chi connectivity index (χ3n) is 5.54. The second-order valence-electron chi connectivity index (χ2n) is 7.85. The molecule has 0 radical (unpaired) electrons. The summed E-state index contributed by atoms with van der Waals surface area (Å²) in [6, 6.07) is 10.2. The number of carbonyl (C=O) groups excluding carboxylic acids is 2. The summed E-state index contributed by atoms with van der Waals surface area (Å²) < 4.78 is 5.23. The van der Waals surface area contributed by atoms with E-state index in [2.05, 4.69) is 30.8 Å². The maximum Gasteiger partial charge on any atom is 0.319 e. The lowest BCUT2D eigenvalue weighted by molar-refractivity contribution is -0.117. The van der Waals surface area contributed by atoms with Crippen LogP contribution in [0.25, 0.3) is 0 Å². The van der Waals surface area contributed by atoms with Crippen LogP contribution in [0.1, 0.15) is 18.0 Å².